The molecule has 0 spiro atoms. The first-order chi connectivity index (χ1) is 12.2. The normalized spacial score (nSPS) is 22.1. The van der Waals surface area contributed by atoms with E-state index in [1.807, 2.05) is 41.0 Å². The summed E-state index contributed by atoms with van der Waals surface area (Å²) in [4.78, 5) is 13.3. The predicted molar refractivity (Wildman–Crippen MR) is 95.6 cm³/mol. The van der Waals surface area contributed by atoms with Crippen LogP contribution in [0.25, 0.3) is 22.3 Å². The number of pyridine rings is 1. The number of para-hydroxylation sites is 1. The Kier molecular flexibility index (Phi) is 3.33. The molecule has 5 heteroatoms. The van der Waals surface area contributed by atoms with Crippen LogP contribution in [0.3, 0.4) is 0 Å². The molecule has 2 unspecified atom stereocenters. The van der Waals surface area contributed by atoms with Gasteiger partial charge >= 0.3 is 0 Å². The third-order valence-electron chi connectivity index (χ3n) is 5.56. The van der Waals surface area contributed by atoms with E-state index in [2.05, 4.69) is 5.32 Å². The maximum atomic E-state index is 13.3. The molecule has 0 saturated carbocycles. The highest BCUT2D eigenvalue weighted by molar-refractivity contribution is 5.83. The van der Waals surface area contributed by atoms with Gasteiger partial charge in [0, 0.05) is 30.1 Å². The maximum absolute atomic E-state index is 13.3. The summed E-state index contributed by atoms with van der Waals surface area (Å²) in [5.41, 5.74) is 2.90. The Bertz CT molecular complexity index is 984. The SMILES string of the molecule is O=c1c(-c2cc3ccccc3o2)c(CO)cc2n1CC1CNCC2C1. The zero-order valence-electron chi connectivity index (χ0n) is 13.9. The zero-order valence-corrected chi connectivity index (χ0v) is 13.9. The van der Waals surface area contributed by atoms with E-state index in [4.69, 9.17) is 4.42 Å². The quantitative estimate of drug-likeness (QED) is 0.754. The molecule has 5 rings (SSSR count). The lowest BCUT2D eigenvalue weighted by Gasteiger charge is -2.38. The van der Waals surface area contributed by atoms with Crippen molar-refractivity contribution in [3.8, 4) is 11.3 Å². The largest absolute Gasteiger partial charge is 0.456 e. The summed E-state index contributed by atoms with van der Waals surface area (Å²) >= 11 is 0. The van der Waals surface area contributed by atoms with Crippen molar-refractivity contribution in [2.75, 3.05) is 13.1 Å². The average molecular weight is 336 g/mol. The first-order valence-electron chi connectivity index (χ1n) is 8.81. The molecule has 3 aromatic rings. The second-order valence-electron chi connectivity index (χ2n) is 7.15. The molecule has 1 aromatic carbocycles. The van der Waals surface area contributed by atoms with E-state index >= 15 is 0 Å². The first-order valence-corrected chi connectivity index (χ1v) is 8.81. The van der Waals surface area contributed by atoms with Crippen molar-refractivity contribution in [3.63, 3.8) is 0 Å². The van der Waals surface area contributed by atoms with E-state index in [-0.39, 0.29) is 12.2 Å². The fraction of sp³-hybridized carbons (Fsp3) is 0.350. The number of fused-ring (bicyclic) bond motifs is 5. The van der Waals surface area contributed by atoms with Crippen molar-refractivity contribution >= 4 is 11.0 Å². The van der Waals surface area contributed by atoms with Crippen molar-refractivity contribution in [2.45, 2.75) is 25.5 Å². The van der Waals surface area contributed by atoms with E-state index < -0.39 is 0 Å². The van der Waals surface area contributed by atoms with E-state index in [1.54, 1.807) is 0 Å². The lowest BCUT2D eigenvalue weighted by Crippen LogP contribution is -2.45. The molecule has 128 valence electrons. The maximum Gasteiger partial charge on any atom is 0.262 e. The molecule has 0 radical (unpaired) electrons. The van der Waals surface area contributed by atoms with Crippen LogP contribution in [-0.2, 0) is 13.2 Å². The Hall–Kier alpha value is -2.37. The van der Waals surface area contributed by atoms with E-state index in [1.165, 1.54) is 0 Å². The van der Waals surface area contributed by atoms with Gasteiger partial charge in [0.25, 0.3) is 5.56 Å². The summed E-state index contributed by atoms with van der Waals surface area (Å²) in [5, 5.41) is 14.3. The van der Waals surface area contributed by atoms with Crippen LogP contribution in [0.5, 0.6) is 0 Å². The second-order valence-corrected chi connectivity index (χ2v) is 7.15. The number of piperidine rings is 1. The van der Waals surface area contributed by atoms with Crippen molar-refractivity contribution in [2.24, 2.45) is 5.92 Å². The Morgan fingerprint density at radius 1 is 1.24 bits per heavy atom. The average Bonchev–Trinajstić information content (AvgIpc) is 3.06. The predicted octanol–water partition coefficient (Wildman–Crippen LogP) is 2.46. The number of aliphatic hydroxyl groups excluding tert-OH is 1. The Balaban J connectivity index is 1.74. The molecule has 1 fully saturated rings. The number of nitrogens with zero attached hydrogens (tertiary/aromatic N) is 1. The number of hydrogen-bond donors (Lipinski definition) is 2. The summed E-state index contributed by atoms with van der Waals surface area (Å²) in [7, 11) is 0. The molecule has 25 heavy (non-hydrogen) atoms. The molecule has 0 aliphatic carbocycles. The van der Waals surface area contributed by atoms with E-state index in [9.17, 15) is 9.90 Å². The van der Waals surface area contributed by atoms with Crippen LogP contribution in [-0.4, -0.2) is 22.8 Å². The number of hydrogen-bond acceptors (Lipinski definition) is 4. The van der Waals surface area contributed by atoms with Gasteiger partial charge in [0.2, 0.25) is 0 Å². The molecule has 2 aromatic heterocycles. The molecule has 4 heterocycles. The molecular formula is C20H20N2O3. The number of aromatic nitrogens is 1. The summed E-state index contributed by atoms with van der Waals surface area (Å²) < 4.78 is 7.83. The Morgan fingerprint density at radius 2 is 2.12 bits per heavy atom. The molecule has 2 N–H and O–H groups in total. The van der Waals surface area contributed by atoms with Gasteiger partial charge in [-0.3, -0.25) is 4.79 Å². The second kappa shape index (κ2) is 5.58. The number of aliphatic hydroxyl groups is 1. The van der Waals surface area contributed by atoms with Gasteiger partial charge in [-0.25, -0.2) is 0 Å². The summed E-state index contributed by atoms with van der Waals surface area (Å²) in [6.45, 7) is 2.42. The third kappa shape index (κ3) is 2.27. The van der Waals surface area contributed by atoms with Gasteiger partial charge < -0.3 is 19.4 Å². The van der Waals surface area contributed by atoms with Gasteiger partial charge in [0.15, 0.2) is 0 Å². The Morgan fingerprint density at radius 3 is 2.96 bits per heavy atom. The summed E-state index contributed by atoms with van der Waals surface area (Å²) in [6, 6.07) is 11.6. The minimum Gasteiger partial charge on any atom is -0.456 e. The number of benzene rings is 1. The lowest BCUT2D eigenvalue weighted by atomic mass is 9.83. The topological polar surface area (TPSA) is 67.4 Å². The fourth-order valence-corrected chi connectivity index (χ4v) is 4.39. The Labute approximate surface area is 144 Å². The van der Waals surface area contributed by atoms with Gasteiger partial charge in [-0.15, -0.1) is 0 Å². The zero-order chi connectivity index (χ0) is 17.0. The number of nitrogens with one attached hydrogen (secondary N) is 1. The van der Waals surface area contributed by atoms with Crippen molar-refractivity contribution in [1.82, 2.24) is 9.88 Å². The van der Waals surface area contributed by atoms with Crippen LogP contribution in [0.1, 0.15) is 23.6 Å². The molecular weight excluding hydrogens is 316 g/mol. The van der Waals surface area contributed by atoms with Gasteiger partial charge in [0.05, 0.1) is 12.2 Å². The molecule has 5 nitrogen and oxygen atoms in total. The number of furan rings is 1. The van der Waals surface area contributed by atoms with Crippen LogP contribution in [0.4, 0.5) is 0 Å². The molecule has 2 atom stereocenters. The van der Waals surface area contributed by atoms with Gasteiger partial charge in [-0.2, -0.15) is 0 Å². The highest BCUT2D eigenvalue weighted by atomic mass is 16.3. The van der Waals surface area contributed by atoms with Crippen molar-refractivity contribution in [3.05, 3.63) is 58.0 Å². The number of rotatable bonds is 2. The van der Waals surface area contributed by atoms with E-state index in [0.29, 0.717) is 28.7 Å². The summed E-state index contributed by atoms with van der Waals surface area (Å²) in [5.74, 6) is 1.38. The van der Waals surface area contributed by atoms with Gasteiger partial charge in [-0.05, 0) is 42.6 Å². The van der Waals surface area contributed by atoms with Crippen molar-refractivity contribution < 1.29 is 9.52 Å². The highest BCUT2D eigenvalue weighted by Gasteiger charge is 2.32. The van der Waals surface area contributed by atoms with Crippen LogP contribution in [0.2, 0.25) is 0 Å². The standard InChI is InChI=1S/C20H20N2O3/c23-11-15-6-16-14-5-12(8-21-9-14)10-22(16)20(24)19(15)18-7-13-3-1-2-4-17(13)25-18/h1-4,6-7,12,14,21,23H,5,8-11H2. The van der Waals surface area contributed by atoms with Crippen molar-refractivity contribution in [1.29, 1.82) is 0 Å². The third-order valence-corrected chi connectivity index (χ3v) is 5.56. The highest BCUT2D eigenvalue weighted by Crippen LogP contribution is 2.35. The van der Waals surface area contributed by atoms with Crippen LogP contribution in [0.15, 0.2) is 45.6 Å². The fourth-order valence-electron chi connectivity index (χ4n) is 4.39. The lowest BCUT2D eigenvalue weighted by molar-refractivity contribution is 0.253. The van der Waals surface area contributed by atoms with Gasteiger partial charge in [-0.1, -0.05) is 18.2 Å². The molecule has 2 aliphatic heterocycles. The molecule has 2 bridgehead atoms. The molecule has 0 amide bonds. The monoisotopic (exact) mass is 336 g/mol. The van der Waals surface area contributed by atoms with Crippen LogP contribution in [0, 0.1) is 5.92 Å². The minimum atomic E-state index is -0.168. The molecule has 1 saturated heterocycles. The first kappa shape index (κ1) is 14.9. The summed E-state index contributed by atoms with van der Waals surface area (Å²) in [6.07, 6.45) is 1.11. The minimum absolute atomic E-state index is 0.0443. The smallest absolute Gasteiger partial charge is 0.262 e. The molecule has 2 aliphatic rings. The van der Waals surface area contributed by atoms with Gasteiger partial charge in [0.1, 0.15) is 11.3 Å². The van der Waals surface area contributed by atoms with E-state index in [0.717, 1.165) is 42.7 Å². The van der Waals surface area contributed by atoms with Crippen LogP contribution >= 0.6 is 0 Å². The van der Waals surface area contributed by atoms with Crippen LogP contribution < -0.4 is 10.9 Å².